The minimum Gasteiger partial charge on any atom is -0.311 e. The number of carbonyl (C=O) groups excluding carboxylic acids is 1. The smallest absolute Gasteiger partial charge is 0.227 e. The first-order valence-electron chi connectivity index (χ1n) is 8.34. The van der Waals surface area contributed by atoms with Gasteiger partial charge in [0.2, 0.25) is 11.7 Å². The van der Waals surface area contributed by atoms with E-state index < -0.39 is 0 Å². The van der Waals surface area contributed by atoms with Crippen molar-refractivity contribution in [2.75, 3.05) is 5.32 Å². The third kappa shape index (κ3) is 4.09. The summed E-state index contributed by atoms with van der Waals surface area (Å²) in [5.74, 6) is 1.15. The van der Waals surface area contributed by atoms with Crippen LogP contribution in [0.1, 0.15) is 32.7 Å². The van der Waals surface area contributed by atoms with Gasteiger partial charge in [-0.2, -0.15) is 9.90 Å². The van der Waals surface area contributed by atoms with Gasteiger partial charge in [-0.3, -0.25) is 4.79 Å². The Morgan fingerprint density at radius 1 is 1.24 bits per heavy atom. The van der Waals surface area contributed by atoms with Gasteiger partial charge in [0, 0.05) is 18.1 Å². The maximum Gasteiger partial charge on any atom is 0.227 e. The Kier molecular flexibility index (Phi) is 5.17. The van der Waals surface area contributed by atoms with Gasteiger partial charge >= 0.3 is 0 Å². The van der Waals surface area contributed by atoms with E-state index in [4.69, 9.17) is 0 Å². The number of nitrogens with zero attached hydrogens (tertiary/aromatic N) is 6. The monoisotopic (exact) mass is 339 g/mol. The molecule has 1 aromatic carbocycles. The maximum atomic E-state index is 12.2. The first kappa shape index (κ1) is 16.8. The molecule has 1 N–H and O–H groups in total. The van der Waals surface area contributed by atoms with Crippen molar-refractivity contribution in [1.29, 1.82) is 0 Å². The second kappa shape index (κ2) is 7.69. The van der Waals surface area contributed by atoms with Crippen LogP contribution in [0.25, 0.3) is 11.4 Å². The zero-order valence-electron chi connectivity index (χ0n) is 14.3. The van der Waals surface area contributed by atoms with Gasteiger partial charge in [0.25, 0.3) is 0 Å². The number of tetrazole rings is 1. The number of anilines is 1. The van der Waals surface area contributed by atoms with Crippen molar-refractivity contribution >= 4 is 11.7 Å². The van der Waals surface area contributed by atoms with Gasteiger partial charge in [0.15, 0.2) is 0 Å². The molecule has 2 heterocycles. The van der Waals surface area contributed by atoms with Crippen LogP contribution in [0.4, 0.5) is 5.82 Å². The van der Waals surface area contributed by atoms with Crippen LogP contribution in [0, 0.1) is 0 Å². The summed E-state index contributed by atoms with van der Waals surface area (Å²) in [4.78, 5) is 13.6. The van der Waals surface area contributed by atoms with E-state index in [1.807, 2.05) is 35.0 Å². The number of benzene rings is 1. The molecule has 0 unspecified atom stereocenters. The molecule has 0 saturated carbocycles. The van der Waals surface area contributed by atoms with Gasteiger partial charge in [0.1, 0.15) is 5.82 Å². The second-order valence-corrected chi connectivity index (χ2v) is 5.79. The van der Waals surface area contributed by atoms with Crippen molar-refractivity contribution < 1.29 is 4.79 Å². The fraction of sp³-hybridized carbons (Fsp3) is 0.353. The Labute approximate surface area is 145 Å². The summed E-state index contributed by atoms with van der Waals surface area (Å²) in [6.45, 7) is 4.51. The predicted octanol–water partition coefficient (Wildman–Crippen LogP) is 2.54. The Balaban J connectivity index is 1.57. The quantitative estimate of drug-likeness (QED) is 0.714. The van der Waals surface area contributed by atoms with Gasteiger partial charge in [-0.05, 0) is 18.6 Å². The Hall–Kier alpha value is -3.03. The maximum absolute atomic E-state index is 12.2. The molecule has 25 heavy (non-hydrogen) atoms. The topological polar surface area (TPSA) is 90.5 Å². The molecule has 3 rings (SSSR count). The molecule has 0 fully saturated rings. The third-order valence-electron chi connectivity index (χ3n) is 3.97. The highest BCUT2D eigenvalue weighted by molar-refractivity contribution is 5.89. The molecule has 0 aliphatic heterocycles. The number of hydrogen-bond acceptors (Lipinski definition) is 5. The summed E-state index contributed by atoms with van der Waals surface area (Å²) in [6.07, 6.45) is 2.89. The summed E-state index contributed by atoms with van der Waals surface area (Å²) in [5, 5.41) is 19.5. The van der Waals surface area contributed by atoms with Crippen molar-refractivity contribution in [3.63, 3.8) is 0 Å². The normalized spacial score (nSPS) is 12.1. The molecule has 0 saturated heterocycles. The van der Waals surface area contributed by atoms with E-state index >= 15 is 0 Å². The summed E-state index contributed by atoms with van der Waals surface area (Å²) in [5.41, 5.74) is 0.899. The number of carbonyl (C=O) groups is 1. The molecule has 3 aromatic rings. The molecular formula is C17H21N7O. The molecule has 0 aliphatic carbocycles. The van der Waals surface area contributed by atoms with Gasteiger partial charge in [-0.15, -0.1) is 10.2 Å². The largest absolute Gasteiger partial charge is 0.311 e. The highest BCUT2D eigenvalue weighted by Crippen LogP contribution is 2.16. The van der Waals surface area contributed by atoms with Gasteiger partial charge in [0.05, 0.1) is 18.8 Å². The lowest BCUT2D eigenvalue weighted by Gasteiger charge is -2.14. The van der Waals surface area contributed by atoms with Crippen LogP contribution < -0.4 is 5.32 Å². The fourth-order valence-electron chi connectivity index (χ4n) is 2.39. The molecule has 0 radical (unpaired) electrons. The summed E-state index contributed by atoms with van der Waals surface area (Å²) in [7, 11) is 0. The van der Waals surface area contributed by atoms with E-state index in [-0.39, 0.29) is 18.4 Å². The number of rotatable bonds is 7. The van der Waals surface area contributed by atoms with Crippen LogP contribution in [0.3, 0.4) is 0 Å². The van der Waals surface area contributed by atoms with Gasteiger partial charge in [-0.25, -0.2) is 4.68 Å². The average Bonchev–Trinajstić information content (AvgIpc) is 3.29. The molecule has 0 bridgehead atoms. The Bertz CT molecular complexity index is 824. The van der Waals surface area contributed by atoms with Crippen LogP contribution in [0.5, 0.6) is 0 Å². The lowest BCUT2D eigenvalue weighted by molar-refractivity contribution is -0.116. The fourth-order valence-corrected chi connectivity index (χ4v) is 2.39. The van der Waals surface area contributed by atoms with Crippen LogP contribution >= 0.6 is 0 Å². The zero-order chi connectivity index (χ0) is 17.6. The van der Waals surface area contributed by atoms with Crippen molar-refractivity contribution in [3.05, 3.63) is 42.6 Å². The molecular weight excluding hydrogens is 318 g/mol. The number of nitrogens with one attached hydrogen (secondary N) is 1. The highest BCUT2D eigenvalue weighted by atomic mass is 16.1. The summed E-state index contributed by atoms with van der Waals surface area (Å²) < 4.78 is 1.82. The standard InChI is InChI=1S/C17H21N7O/c1-3-13(2)24-15(9-11-18-24)19-16(25)10-12-23-21-17(20-22-23)14-7-5-4-6-8-14/h4-9,11,13H,3,10,12H2,1-2H3,(H,19,25)/t13-/m0/s1. The van der Waals surface area contributed by atoms with E-state index in [1.165, 1.54) is 4.80 Å². The van der Waals surface area contributed by atoms with E-state index in [0.717, 1.165) is 12.0 Å². The number of hydrogen-bond donors (Lipinski definition) is 1. The van der Waals surface area contributed by atoms with E-state index in [0.29, 0.717) is 18.2 Å². The molecule has 0 aliphatic rings. The van der Waals surface area contributed by atoms with Crippen LogP contribution in [0.2, 0.25) is 0 Å². The minimum absolute atomic E-state index is 0.108. The molecule has 8 nitrogen and oxygen atoms in total. The van der Waals surface area contributed by atoms with Crippen molar-refractivity contribution in [2.45, 2.75) is 39.3 Å². The highest BCUT2D eigenvalue weighted by Gasteiger charge is 2.12. The zero-order valence-corrected chi connectivity index (χ0v) is 14.3. The van der Waals surface area contributed by atoms with E-state index in [2.05, 4.69) is 39.7 Å². The number of amides is 1. The van der Waals surface area contributed by atoms with Crippen LogP contribution in [-0.2, 0) is 11.3 Å². The SMILES string of the molecule is CC[C@H](C)n1nccc1NC(=O)CCn1nnc(-c2ccccc2)n1. The first-order valence-corrected chi connectivity index (χ1v) is 8.34. The molecule has 0 spiro atoms. The van der Waals surface area contributed by atoms with E-state index in [9.17, 15) is 4.79 Å². The summed E-state index contributed by atoms with van der Waals surface area (Å²) in [6, 6.07) is 11.6. The molecule has 2 aromatic heterocycles. The first-order chi connectivity index (χ1) is 12.2. The Morgan fingerprint density at radius 2 is 2.04 bits per heavy atom. The minimum atomic E-state index is -0.108. The Morgan fingerprint density at radius 3 is 2.80 bits per heavy atom. The summed E-state index contributed by atoms with van der Waals surface area (Å²) >= 11 is 0. The number of aryl methyl sites for hydroxylation is 1. The molecule has 130 valence electrons. The number of aromatic nitrogens is 6. The lowest BCUT2D eigenvalue weighted by Crippen LogP contribution is -2.19. The van der Waals surface area contributed by atoms with Crippen molar-refractivity contribution in [2.24, 2.45) is 0 Å². The molecule has 1 amide bonds. The van der Waals surface area contributed by atoms with Crippen molar-refractivity contribution in [1.82, 2.24) is 30.0 Å². The van der Waals surface area contributed by atoms with Crippen molar-refractivity contribution in [3.8, 4) is 11.4 Å². The predicted molar refractivity (Wildman–Crippen MR) is 93.7 cm³/mol. The van der Waals surface area contributed by atoms with Crippen LogP contribution in [-0.4, -0.2) is 35.9 Å². The van der Waals surface area contributed by atoms with E-state index in [1.54, 1.807) is 12.3 Å². The molecule has 8 heteroatoms. The second-order valence-electron chi connectivity index (χ2n) is 5.79. The van der Waals surface area contributed by atoms with Crippen LogP contribution in [0.15, 0.2) is 42.6 Å². The van der Waals surface area contributed by atoms with Gasteiger partial charge in [-0.1, -0.05) is 37.3 Å². The molecule has 1 atom stereocenters. The van der Waals surface area contributed by atoms with Gasteiger partial charge < -0.3 is 5.32 Å². The third-order valence-corrected chi connectivity index (χ3v) is 3.97. The average molecular weight is 339 g/mol. The lowest BCUT2D eigenvalue weighted by atomic mass is 10.2.